The summed E-state index contributed by atoms with van der Waals surface area (Å²) in [5.74, 6) is 0.105. The highest BCUT2D eigenvalue weighted by molar-refractivity contribution is 7.80. The van der Waals surface area contributed by atoms with Crippen LogP contribution in [0.5, 0.6) is 0 Å². The molecule has 0 radical (unpaired) electrons. The first-order valence-electron chi connectivity index (χ1n) is 6.31. The van der Waals surface area contributed by atoms with Gasteiger partial charge in [-0.05, 0) is 12.2 Å². The van der Waals surface area contributed by atoms with E-state index in [2.05, 4.69) is 34.6 Å². The minimum absolute atomic E-state index is 0.0179. The Balaban J connectivity index is 3.43. The van der Waals surface area contributed by atoms with Crippen molar-refractivity contribution in [3.05, 3.63) is 12.7 Å². The second-order valence-corrected chi connectivity index (χ2v) is 4.02. The zero-order valence-corrected chi connectivity index (χ0v) is 12.5. The largest absolute Gasteiger partial charge is 0.461 e. The predicted molar refractivity (Wildman–Crippen MR) is 78.3 cm³/mol. The molecule has 0 aromatic heterocycles. The molecule has 0 rings (SSSR count). The van der Waals surface area contributed by atoms with E-state index in [1.807, 2.05) is 0 Å². The third-order valence-corrected chi connectivity index (χ3v) is 2.25. The first-order valence-corrected chi connectivity index (χ1v) is 6.94. The Hall–Kier alpha value is -1.90. The molecule has 2 N–H and O–H groups in total. The molecule has 0 aliphatic carbocycles. The van der Waals surface area contributed by atoms with Crippen LogP contribution in [-0.2, 0) is 19.0 Å². The van der Waals surface area contributed by atoms with Crippen LogP contribution in [0.4, 0.5) is 9.59 Å². The van der Waals surface area contributed by atoms with Crippen molar-refractivity contribution >= 4 is 30.8 Å². The van der Waals surface area contributed by atoms with Gasteiger partial charge in [0.05, 0.1) is 6.54 Å². The van der Waals surface area contributed by atoms with Crippen LogP contribution in [0.15, 0.2) is 12.7 Å². The molecule has 0 aliphatic rings. The minimum atomic E-state index is -0.691. The van der Waals surface area contributed by atoms with E-state index in [1.54, 1.807) is 0 Å². The van der Waals surface area contributed by atoms with Crippen LogP contribution >= 0.6 is 12.6 Å². The van der Waals surface area contributed by atoms with Gasteiger partial charge in [0.15, 0.2) is 0 Å². The van der Waals surface area contributed by atoms with Crippen LogP contribution < -0.4 is 10.6 Å². The summed E-state index contributed by atoms with van der Waals surface area (Å²) in [5, 5.41) is 4.86. The van der Waals surface area contributed by atoms with Crippen molar-refractivity contribution in [1.82, 2.24) is 10.6 Å². The number of hydrogen-bond acceptors (Lipinski definition) is 7. The van der Waals surface area contributed by atoms with Crippen molar-refractivity contribution < 1.29 is 28.6 Å². The monoisotopic (exact) mass is 320 g/mol. The van der Waals surface area contributed by atoms with E-state index >= 15 is 0 Å². The van der Waals surface area contributed by atoms with E-state index in [1.165, 1.54) is 0 Å². The average molecular weight is 320 g/mol. The highest BCUT2D eigenvalue weighted by atomic mass is 32.1. The molecule has 0 aromatic carbocycles. The Bertz CT molecular complexity index is 351. The maximum atomic E-state index is 11.2. The number of rotatable bonds is 10. The maximum absolute atomic E-state index is 11.2. The van der Waals surface area contributed by atoms with Crippen LogP contribution in [0.3, 0.4) is 0 Å². The Labute approximate surface area is 128 Å². The van der Waals surface area contributed by atoms with Gasteiger partial charge in [-0.1, -0.05) is 6.58 Å². The molecule has 2 amide bonds. The lowest BCUT2D eigenvalue weighted by atomic mass is 10.5. The maximum Gasteiger partial charge on any atom is 0.407 e. The topological polar surface area (TPSA) is 103 Å². The summed E-state index contributed by atoms with van der Waals surface area (Å²) >= 11 is 3.99. The zero-order valence-electron chi connectivity index (χ0n) is 11.6. The van der Waals surface area contributed by atoms with Crippen molar-refractivity contribution in [2.75, 3.05) is 38.7 Å². The Morgan fingerprint density at radius 3 is 2.05 bits per heavy atom. The Morgan fingerprint density at radius 1 is 0.952 bits per heavy atom. The molecule has 0 aromatic rings. The highest BCUT2D eigenvalue weighted by Crippen LogP contribution is 1.85. The van der Waals surface area contributed by atoms with E-state index in [9.17, 15) is 14.4 Å². The molecule has 0 saturated heterocycles. The summed E-state index contributed by atoms with van der Waals surface area (Å²) in [7, 11) is 0. The molecule has 0 fully saturated rings. The number of alkyl carbamates (subject to hydrolysis) is 2. The van der Waals surface area contributed by atoms with Gasteiger partial charge >= 0.3 is 18.2 Å². The highest BCUT2D eigenvalue weighted by Gasteiger charge is 2.04. The lowest BCUT2D eigenvalue weighted by molar-refractivity contribution is -0.137. The smallest absolute Gasteiger partial charge is 0.407 e. The Kier molecular flexibility index (Phi) is 11.9. The number of hydrogen-bond donors (Lipinski definition) is 3. The molecule has 8 nitrogen and oxygen atoms in total. The summed E-state index contributed by atoms with van der Waals surface area (Å²) < 4.78 is 14.1. The molecule has 0 aliphatic heterocycles. The fourth-order valence-corrected chi connectivity index (χ4v) is 1.16. The van der Waals surface area contributed by atoms with E-state index in [0.29, 0.717) is 12.3 Å². The number of carbonyl (C=O) groups is 3. The summed E-state index contributed by atoms with van der Waals surface area (Å²) in [6, 6.07) is 0. The van der Waals surface area contributed by atoms with Gasteiger partial charge in [0.25, 0.3) is 0 Å². The van der Waals surface area contributed by atoms with Crippen molar-refractivity contribution in [3.8, 4) is 0 Å². The molecular weight excluding hydrogens is 300 g/mol. The predicted octanol–water partition coefficient (Wildman–Crippen LogP) is 0.488. The summed E-state index contributed by atoms with van der Waals surface area (Å²) in [4.78, 5) is 32.9. The van der Waals surface area contributed by atoms with Gasteiger partial charge in [0, 0.05) is 12.6 Å². The van der Waals surface area contributed by atoms with Gasteiger partial charge in [-0.2, -0.15) is 12.6 Å². The van der Waals surface area contributed by atoms with Gasteiger partial charge in [-0.3, -0.25) is 0 Å². The number of ether oxygens (including phenoxy) is 3. The third kappa shape index (κ3) is 12.9. The standard InChI is InChI=1S/C12H20N2O6S/c1-2-10(15)18-6-5-14-12(17)20-8-7-19-11(16)13-4-3-9-21/h2,21H,1,3-9H2,(H,13,16)(H,14,17). The van der Waals surface area contributed by atoms with Gasteiger partial charge in [-0.15, -0.1) is 0 Å². The van der Waals surface area contributed by atoms with Gasteiger partial charge in [-0.25, -0.2) is 14.4 Å². The van der Waals surface area contributed by atoms with Crippen LogP contribution in [0.1, 0.15) is 6.42 Å². The van der Waals surface area contributed by atoms with E-state index in [0.717, 1.165) is 12.5 Å². The lowest BCUT2D eigenvalue weighted by Gasteiger charge is -2.08. The van der Waals surface area contributed by atoms with Gasteiger partial charge < -0.3 is 24.8 Å². The van der Waals surface area contributed by atoms with Crippen molar-refractivity contribution in [3.63, 3.8) is 0 Å². The molecule has 9 heteroatoms. The van der Waals surface area contributed by atoms with Crippen LogP contribution in [-0.4, -0.2) is 56.8 Å². The normalized spacial score (nSPS) is 9.38. The quantitative estimate of drug-likeness (QED) is 0.178. The number of nitrogens with one attached hydrogen (secondary N) is 2. The molecule has 0 bridgehead atoms. The zero-order chi connectivity index (χ0) is 15.9. The van der Waals surface area contributed by atoms with Crippen LogP contribution in [0.25, 0.3) is 0 Å². The molecule has 0 atom stereocenters. The number of carbonyl (C=O) groups excluding carboxylic acids is 3. The van der Waals surface area contributed by atoms with E-state index < -0.39 is 18.2 Å². The summed E-state index contributed by atoms with van der Waals surface area (Å²) in [6.45, 7) is 3.72. The number of thiol groups is 1. The first-order chi connectivity index (χ1) is 10.1. The van der Waals surface area contributed by atoms with E-state index in [-0.39, 0.29) is 26.4 Å². The fourth-order valence-electron chi connectivity index (χ4n) is 1.00. The van der Waals surface area contributed by atoms with Crippen molar-refractivity contribution in [2.45, 2.75) is 6.42 Å². The van der Waals surface area contributed by atoms with E-state index in [4.69, 9.17) is 9.47 Å². The molecule has 0 unspecified atom stereocenters. The van der Waals surface area contributed by atoms with Crippen molar-refractivity contribution in [1.29, 1.82) is 0 Å². The van der Waals surface area contributed by atoms with Crippen LogP contribution in [0, 0.1) is 0 Å². The van der Waals surface area contributed by atoms with Gasteiger partial charge in [0.1, 0.15) is 19.8 Å². The number of esters is 1. The average Bonchev–Trinajstić information content (AvgIpc) is 2.48. The van der Waals surface area contributed by atoms with Crippen LogP contribution in [0.2, 0.25) is 0 Å². The second-order valence-electron chi connectivity index (χ2n) is 3.57. The summed E-state index contributed by atoms with van der Waals surface area (Å²) in [5.41, 5.74) is 0. The SMILES string of the molecule is C=CC(=O)OCCNC(=O)OCCOC(=O)NCCCS. The third-order valence-electron chi connectivity index (χ3n) is 1.94. The lowest BCUT2D eigenvalue weighted by Crippen LogP contribution is -2.30. The summed E-state index contributed by atoms with van der Waals surface area (Å²) in [6.07, 6.45) is 0.505. The molecule has 0 heterocycles. The molecule has 0 spiro atoms. The first kappa shape index (κ1) is 19.1. The van der Waals surface area contributed by atoms with Gasteiger partial charge in [0.2, 0.25) is 0 Å². The second kappa shape index (κ2) is 13.1. The fraction of sp³-hybridized carbons (Fsp3) is 0.583. The Morgan fingerprint density at radius 2 is 1.52 bits per heavy atom. The minimum Gasteiger partial charge on any atom is -0.461 e. The molecule has 120 valence electrons. The molecule has 0 saturated carbocycles. The molecular formula is C12H20N2O6S. The molecule has 21 heavy (non-hydrogen) atoms. The number of amides is 2. The van der Waals surface area contributed by atoms with Crippen molar-refractivity contribution in [2.24, 2.45) is 0 Å².